The fourth-order valence-corrected chi connectivity index (χ4v) is 4.03. The van der Waals surface area contributed by atoms with Gasteiger partial charge in [-0.3, -0.25) is 4.79 Å². The van der Waals surface area contributed by atoms with E-state index in [-0.39, 0.29) is 5.56 Å². The number of ether oxygens (including phenoxy) is 2. The summed E-state index contributed by atoms with van der Waals surface area (Å²) in [5, 5.41) is 4.89. The molecule has 0 unspecified atom stereocenters. The Kier molecular flexibility index (Phi) is 5.51. The Balaban J connectivity index is 1.75. The highest BCUT2D eigenvalue weighted by atomic mass is 35.5. The second-order valence-corrected chi connectivity index (χ2v) is 7.51. The Morgan fingerprint density at radius 2 is 1.86 bits per heavy atom. The van der Waals surface area contributed by atoms with Crippen LogP contribution in [0.4, 0.5) is 0 Å². The van der Waals surface area contributed by atoms with Gasteiger partial charge in [0.1, 0.15) is 0 Å². The van der Waals surface area contributed by atoms with E-state index in [0.717, 1.165) is 5.56 Å². The minimum atomic E-state index is -0.220. The lowest BCUT2D eigenvalue weighted by atomic mass is 10.2. The normalized spacial score (nSPS) is 11.9. The van der Waals surface area contributed by atoms with Gasteiger partial charge in [-0.1, -0.05) is 41.1 Å². The van der Waals surface area contributed by atoms with Gasteiger partial charge in [-0.05, 0) is 49.8 Å². The number of thiazole rings is 1. The maximum absolute atomic E-state index is 12.8. The van der Waals surface area contributed by atoms with Crippen LogP contribution >= 0.6 is 22.9 Å². The predicted molar refractivity (Wildman–Crippen MR) is 115 cm³/mol. The largest absolute Gasteiger partial charge is 0.490 e. The third kappa shape index (κ3) is 3.83. The second-order valence-electron chi connectivity index (χ2n) is 6.10. The molecule has 0 amide bonds. The summed E-state index contributed by atoms with van der Waals surface area (Å²) in [5.41, 5.74) is 1.32. The first-order valence-corrected chi connectivity index (χ1v) is 10.4. The molecule has 29 heavy (non-hydrogen) atoms. The molecule has 0 atom stereocenters. The first-order chi connectivity index (χ1) is 14.1. The zero-order chi connectivity index (χ0) is 20.4. The molecule has 6 nitrogen and oxygen atoms in total. The quantitative estimate of drug-likeness (QED) is 0.468. The molecule has 0 aliphatic heterocycles. The fourth-order valence-electron chi connectivity index (χ4n) is 2.90. The molecule has 0 aliphatic rings. The van der Waals surface area contributed by atoms with Crippen LogP contribution in [-0.4, -0.2) is 27.8 Å². The molecule has 2 aromatic heterocycles. The molecule has 0 aliphatic carbocycles. The Morgan fingerprint density at radius 1 is 1.10 bits per heavy atom. The predicted octanol–water partition coefficient (Wildman–Crippen LogP) is 3.82. The van der Waals surface area contributed by atoms with Crippen LogP contribution in [0, 0.1) is 0 Å². The van der Waals surface area contributed by atoms with Gasteiger partial charge < -0.3 is 9.47 Å². The molecule has 2 aromatic carbocycles. The van der Waals surface area contributed by atoms with Gasteiger partial charge in [-0.2, -0.15) is 9.50 Å². The number of aromatic nitrogens is 3. The van der Waals surface area contributed by atoms with Gasteiger partial charge in [-0.15, -0.1) is 5.10 Å². The van der Waals surface area contributed by atoms with Crippen LogP contribution in [0.15, 0.2) is 47.3 Å². The summed E-state index contributed by atoms with van der Waals surface area (Å²) in [7, 11) is 0. The van der Waals surface area contributed by atoms with Crippen LogP contribution in [0.2, 0.25) is 5.02 Å². The number of hydrogen-bond acceptors (Lipinski definition) is 6. The maximum atomic E-state index is 12.8. The molecule has 0 radical (unpaired) electrons. The van der Waals surface area contributed by atoms with E-state index in [1.54, 1.807) is 12.1 Å². The highest BCUT2D eigenvalue weighted by Crippen LogP contribution is 2.29. The number of benzene rings is 2. The van der Waals surface area contributed by atoms with Crippen molar-refractivity contribution in [3.8, 4) is 22.9 Å². The Morgan fingerprint density at radius 3 is 2.59 bits per heavy atom. The van der Waals surface area contributed by atoms with Crippen LogP contribution in [0.25, 0.3) is 22.4 Å². The van der Waals surface area contributed by atoms with E-state index in [9.17, 15) is 4.79 Å². The third-order valence-corrected chi connectivity index (χ3v) is 5.45. The summed E-state index contributed by atoms with van der Waals surface area (Å²) in [6, 6.07) is 12.9. The zero-order valence-corrected chi connectivity index (χ0v) is 17.5. The van der Waals surface area contributed by atoms with Gasteiger partial charge in [0, 0.05) is 5.56 Å². The Hall–Kier alpha value is -2.90. The smallest absolute Gasteiger partial charge is 0.291 e. The zero-order valence-electron chi connectivity index (χ0n) is 15.9. The van der Waals surface area contributed by atoms with Gasteiger partial charge >= 0.3 is 0 Å². The molecule has 8 heteroatoms. The summed E-state index contributed by atoms with van der Waals surface area (Å²) in [6.07, 6.45) is 1.80. The van der Waals surface area contributed by atoms with Crippen LogP contribution in [0.5, 0.6) is 11.5 Å². The average molecular weight is 428 g/mol. The lowest BCUT2D eigenvalue weighted by molar-refractivity contribution is 0.287. The third-order valence-electron chi connectivity index (χ3n) is 4.16. The monoisotopic (exact) mass is 427 g/mol. The Bertz CT molecular complexity index is 1280. The lowest BCUT2D eigenvalue weighted by Crippen LogP contribution is -2.23. The van der Waals surface area contributed by atoms with E-state index < -0.39 is 0 Å². The van der Waals surface area contributed by atoms with Crippen molar-refractivity contribution < 1.29 is 9.47 Å². The molecule has 4 aromatic rings. The van der Waals surface area contributed by atoms with Gasteiger partial charge in [0.15, 0.2) is 17.3 Å². The molecule has 148 valence electrons. The highest BCUT2D eigenvalue weighted by molar-refractivity contribution is 7.15. The molecule has 0 saturated carbocycles. The van der Waals surface area contributed by atoms with Crippen LogP contribution < -0.4 is 19.6 Å². The minimum Gasteiger partial charge on any atom is -0.490 e. The standard InChI is InChI=1S/C21H18ClN3O3S/c1-3-27-16-10-9-13(11-17(16)28-4-2)12-18-20(26)25-21(29-18)23-19(24-25)14-7-5-6-8-15(14)22/h5-12H,3-4H2,1-2H3/b18-12+. The van der Waals surface area contributed by atoms with Crippen molar-refractivity contribution in [2.24, 2.45) is 0 Å². The molecule has 0 N–H and O–H groups in total. The average Bonchev–Trinajstić information content (AvgIpc) is 3.24. The van der Waals surface area contributed by atoms with Crippen molar-refractivity contribution in [2.45, 2.75) is 13.8 Å². The second kappa shape index (κ2) is 8.23. The van der Waals surface area contributed by atoms with Crippen LogP contribution in [0.1, 0.15) is 19.4 Å². The molecular weight excluding hydrogens is 410 g/mol. The molecular formula is C21H18ClN3O3S. The van der Waals surface area contributed by atoms with Crippen molar-refractivity contribution in [1.82, 2.24) is 14.6 Å². The molecule has 0 saturated heterocycles. The van der Waals surface area contributed by atoms with Gasteiger partial charge in [0.05, 0.1) is 22.8 Å². The van der Waals surface area contributed by atoms with E-state index in [0.29, 0.717) is 50.6 Å². The van der Waals surface area contributed by atoms with Gasteiger partial charge in [0.25, 0.3) is 5.56 Å². The number of rotatable bonds is 6. The molecule has 0 fully saturated rings. The van der Waals surface area contributed by atoms with E-state index in [4.69, 9.17) is 21.1 Å². The van der Waals surface area contributed by atoms with Crippen molar-refractivity contribution in [3.63, 3.8) is 0 Å². The van der Waals surface area contributed by atoms with Gasteiger partial charge in [0.2, 0.25) is 4.96 Å². The number of halogens is 1. The van der Waals surface area contributed by atoms with Crippen molar-refractivity contribution >= 4 is 34.0 Å². The van der Waals surface area contributed by atoms with E-state index in [2.05, 4.69) is 10.1 Å². The van der Waals surface area contributed by atoms with Crippen LogP contribution in [-0.2, 0) is 0 Å². The summed E-state index contributed by atoms with van der Waals surface area (Å²) in [4.78, 5) is 17.8. The number of nitrogens with zero attached hydrogens (tertiary/aromatic N) is 3. The maximum Gasteiger partial charge on any atom is 0.291 e. The summed E-state index contributed by atoms with van der Waals surface area (Å²) >= 11 is 7.50. The topological polar surface area (TPSA) is 65.7 Å². The summed E-state index contributed by atoms with van der Waals surface area (Å²) in [5.74, 6) is 1.77. The van der Waals surface area contributed by atoms with Crippen molar-refractivity contribution in [3.05, 3.63) is 67.9 Å². The van der Waals surface area contributed by atoms with E-state index >= 15 is 0 Å². The first kappa shape index (κ1) is 19.4. The van der Waals surface area contributed by atoms with Crippen molar-refractivity contribution in [1.29, 1.82) is 0 Å². The van der Waals surface area contributed by atoms with Crippen LogP contribution in [0.3, 0.4) is 0 Å². The van der Waals surface area contributed by atoms with E-state index in [1.807, 2.05) is 50.2 Å². The van der Waals surface area contributed by atoms with E-state index in [1.165, 1.54) is 15.9 Å². The minimum absolute atomic E-state index is 0.220. The molecule has 0 spiro atoms. The number of fused-ring (bicyclic) bond motifs is 1. The molecule has 0 bridgehead atoms. The molecule has 2 heterocycles. The summed E-state index contributed by atoms with van der Waals surface area (Å²) < 4.78 is 13.1. The fraction of sp³-hybridized carbons (Fsp3) is 0.190. The SMILES string of the molecule is CCOc1ccc(/C=c2/sc3nc(-c4ccccc4Cl)nn3c2=O)cc1OCC. The first-order valence-electron chi connectivity index (χ1n) is 9.16. The van der Waals surface area contributed by atoms with Gasteiger partial charge in [-0.25, -0.2) is 0 Å². The highest BCUT2D eigenvalue weighted by Gasteiger charge is 2.14. The number of hydrogen-bond donors (Lipinski definition) is 0. The lowest BCUT2D eigenvalue weighted by Gasteiger charge is -2.11. The summed E-state index contributed by atoms with van der Waals surface area (Å²) in [6.45, 7) is 4.91. The van der Waals surface area contributed by atoms with Crippen molar-refractivity contribution in [2.75, 3.05) is 13.2 Å². The molecule has 4 rings (SSSR count). The Labute approximate surface area is 176 Å².